The summed E-state index contributed by atoms with van der Waals surface area (Å²) in [6.45, 7) is -0.837. The standard InChI is InChI=1S/C9H8F3N3O4/c10-9(11,12)5-2-1-4(7(13)18)8(14-5)15-19-3-6(16)17/h1-2H,3H2,(H2,13,18)(H,14,15)(H,16,17). The van der Waals surface area contributed by atoms with Gasteiger partial charge in [-0.25, -0.2) is 15.3 Å². The number of hydrogen-bond donors (Lipinski definition) is 3. The molecule has 0 radical (unpaired) electrons. The number of carbonyl (C=O) groups excluding carboxylic acids is 1. The fourth-order valence-corrected chi connectivity index (χ4v) is 1.06. The van der Waals surface area contributed by atoms with Gasteiger partial charge in [-0.2, -0.15) is 13.2 Å². The number of alkyl halides is 3. The Morgan fingerprint density at radius 2 is 2.05 bits per heavy atom. The number of aliphatic carboxylic acids is 1. The molecule has 0 saturated carbocycles. The van der Waals surface area contributed by atoms with Crippen molar-refractivity contribution in [1.82, 2.24) is 4.98 Å². The molecule has 10 heteroatoms. The zero-order chi connectivity index (χ0) is 14.6. The van der Waals surface area contributed by atoms with Gasteiger partial charge in [-0.05, 0) is 12.1 Å². The maximum absolute atomic E-state index is 12.4. The summed E-state index contributed by atoms with van der Waals surface area (Å²) >= 11 is 0. The van der Waals surface area contributed by atoms with Gasteiger partial charge in [-0.15, -0.1) is 0 Å². The first-order chi connectivity index (χ1) is 8.71. The van der Waals surface area contributed by atoms with E-state index < -0.39 is 36.2 Å². The van der Waals surface area contributed by atoms with E-state index in [1.54, 1.807) is 0 Å². The van der Waals surface area contributed by atoms with Crippen molar-refractivity contribution < 1.29 is 32.7 Å². The van der Waals surface area contributed by atoms with Gasteiger partial charge in [0, 0.05) is 0 Å². The van der Waals surface area contributed by atoms with E-state index in [0.717, 1.165) is 6.07 Å². The number of primary amides is 1. The van der Waals surface area contributed by atoms with E-state index >= 15 is 0 Å². The fourth-order valence-electron chi connectivity index (χ4n) is 1.06. The molecule has 0 fully saturated rings. The number of nitrogens with one attached hydrogen (secondary N) is 1. The van der Waals surface area contributed by atoms with Gasteiger partial charge in [0.1, 0.15) is 5.69 Å². The summed E-state index contributed by atoms with van der Waals surface area (Å²) in [5.41, 5.74) is 5.14. The number of amides is 1. The van der Waals surface area contributed by atoms with Crippen LogP contribution in [0.1, 0.15) is 16.1 Å². The van der Waals surface area contributed by atoms with Crippen molar-refractivity contribution in [2.24, 2.45) is 5.73 Å². The summed E-state index contributed by atoms with van der Waals surface area (Å²) in [5.74, 6) is -3.01. The van der Waals surface area contributed by atoms with Crippen LogP contribution < -0.4 is 11.2 Å². The number of carboxylic acid groups (broad SMARTS) is 1. The van der Waals surface area contributed by atoms with Crippen LogP contribution in [-0.2, 0) is 15.8 Å². The molecular formula is C9H8F3N3O4. The molecule has 0 unspecified atom stereocenters. The number of aromatic nitrogens is 1. The number of anilines is 1. The first kappa shape index (κ1) is 14.7. The maximum Gasteiger partial charge on any atom is 0.433 e. The third-order valence-electron chi connectivity index (χ3n) is 1.82. The molecular weight excluding hydrogens is 271 g/mol. The molecule has 0 atom stereocenters. The number of halogens is 3. The van der Waals surface area contributed by atoms with E-state index in [0.29, 0.717) is 6.07 Å². The summed E-state index contributed by atoms with van der Waals surface area (Å²) in [4.78, 5) is 28.6. The van der Waals surface area contributed by atoms with Crippen molar-refractivity contribution in [3.63, 3.8) is 0 Å². The van der Waals surface area contributed by atoms with Gasteiger partial charge in [0.05, 0.1) is 5.56 Å². The predicted octanol–water partition coefficient (Wildman–Crippen LogP) is 0.627. The van der Waals surface area contributed by atoms with Gasteiger partial charge >= 0.3 is 12.1 Å². The molecule has 0 aliphatic rings. The highest BCUT2D eigenvalue weighted by Crippen LogP contribution is 2.29. The molecule has 0 aliphatic carbocycles. The Labute approximate surface area is 104 Å². The lowest BCUT2D eigenvalue weighted by Crippen LogP contribution is -2.20. The molecule has 1 aromatic rings. The van der Waals surface area contributed by atoms with Gasteiger partial charge in [-0.1, -0.05) is 0 Å². The van der Waals surface area contributed by atoms with E-state index in [1.807, 2.05) is 5.48 Å². The van der Waals surface area contributed by atoms with Crippen LogP contribution in [0.4, 0.5) is 19.0 Å². The highest BCUT2D eigenvalue weighted by molar-refractivity contribution is 5.97. The number of rotatable bonds is 5. The van der Waals surface area contributed by atoms with Gasteiger partial charge in [0.15, 0.2) is 12.4 Å². The molecule has 4 N–H and O–H groups in total. The van der Waals surface area contributed by atoms with Crippen LogP contribution in [0, 0.1) is 0 Å². The molecule has 1 amide bonds. The second-order valence-corrected chi connectivity index (χ2v) is 3.24. The lowest BCUT2D eigenvalue weighted by molar-refractivity contribution is -0.142. The minimum absolute atomic E-state index is 0.363. The highest BCUT2D eigenvalue weighted by Gasteiger charge is 2.33. The zero-order valence-electron chi connectivity index (χ0n) is 9.19. The summed E-state index contributed by atoms with van der Waals surface area (Å²) in [6.07, 6.45) is -4.72. The van der Waals surface area contributed by atoms with Crippen molar-refractivity contribution in [2.75, 3.05) is 12.1 Å². The number of nitrogens with two attached hydrogens (primary N) is 1. The molecule has 1 heterocycles. The fraction of sp³-hybridized carbons (Fsp3) is 0.222. The van der Waals surface area contributed by atoms with Gasteiger partial charge < -0.3 is 10.8 Å². The second-order valence-electron chi connectivity index (χ2n) is 3.24. The topological polar surface area (TPSA) is 115 Å². The Balaban J connectivity index is 3.02. The minimum Gasteiger partial charge on any atom is -0.479 e. The molecule has 104 valence electrons. The lowest BCUT2D eigenvalue weighted by Gasteiger charge is -2.11. The van der Waals surface area contributed by atoms with Crippen LogP contribution in [0.2, 0.25) is 0 Å². The Morgan fingerprint density at radius 3 is 2.53 bits per heavy atom. The first-order valence-electron chi connectivity index (χ1n) is 4.69. The monoisotopic (exact) mass is 279 g/mol. The van der Waals surface area contributed by atoms with Crippen LogP contribution in [0.25, 0.3) is 0 Å². The smallest absolute Gasteiger partial charge is 0.433 e. The van der Waals surface area contributed by atoms with Gasteiger partial charge in [0.25, 0.3) is 5.91 Å². The molecule has 0 bridgehead atoms. The van der Waals surface area contributed by atoms with Gasteiger partial charge in [0.2, 0.25) is 0 Å². The number of nitrogens with zero attached hydrogens (tertiary/aromatic N) is 1. The quantitative estimate of drug-likeness (QED) is 0.681. The maximum atomic E-state index is 12.4. The Hall–Kier alpha value is -2.36. The van der Waals surface area contributed by atoms with Crippen LogP contribution in [0.3, 0.4) is 0 Å². The largest absolute Gasteiger partial charge is 0.479 e. The molecule has 1 rings (SSSR count). The van der Waals surface area contributed by atoms with Crippen molar-refractivity contribution in [2.45, 2.75) is 6.18 Å². The highest BCUT2D eigenvalue weighted by atomic mass is 19.4. The number of carboxylic acids is 1. The normalized spacial score (nSPS) is 11.1. The van der Waals surface area contributed by atoms with Crippen LogP contribution in [0.15, 0.2) is 12.1 Å². The van der Waals surface area contributed by atoms with Gasteiger partial charge in [-0.3, -0.25) is 9.63 Å². The van der Waals surface area contributed by atoms with Crippen molar-refractivity contribution in [3.05, 3.63) is 23.4 Å². The molecule has 0 aliphatic heterocycles. The van der Waals surface area contributed by atoms with Crippen molar-refractivity contribution >= 4 is 17.7 Å². The summed E-state index contributed by atoms with van der Waals surface area (Å²) in [5, 5.41) is 8.30. The third-order valence-corrected chi connectivity index (χ3v) is 1.82. The molecule has 19 heavy (non-hydrogen) atoms. The second kappa shape index (κ2) is 5.52. The number of pyridine rings is 1. The minimum atomic E-state index is -4.72. The number of carbonyl (C=O) groups is 2. The molecule has 0 aromatic carbocycles. The van der Waals surface area contributed by atoms with Crippen LogP contribution in [-0.4, -0.2) is 28.6 Å². The predicted molar refractivity (Wildman–Crippen MR) is 55.0 cm³/mol. The van der Waals surface area contributed by atoms with E-state index in [4.69, 9.17) is 10.8 Å². The third kappa shape index (κ3) is 4.10. The Kier molecular flexibility index (Phi) is 4.27. The average molecular weight is 279 g/mol. The first-order valence-corrected chi connectivity index (χ1v) is 4.69. The Morgan fingerprint density at radius 1 is 1.42 bits per heavy atom. The molecule has 0 spiro atoms. The van der Waals surface area contributed by atoms with E-state index in [-0.39, 0.29) is 5.56 Å². The van der Waals surface area contributed by atoms with Crippen molar-refractivity contribution in [3.8, 4) is 0 Å². The average Bonchev–Trinajstić information content (AvgIpc) is 2.26. The zero-order valence-corrected chi connectivity index (χ0v) is 9.19. The Bertz CT molecular complexity index is 504. The SMILES string of the molecule is NC(=O)c1ccc(C(F)(F)F)nc1NOCC(=O)O. The van der Waals surface area contributed by atoms with E-state index in [1.165, 1.54) is 0 Å². The molecule has 0 saturated heterocycles. The van der Waals surface area contributed by atoms with Crippen LogP contribution >= 0.6 is 0 Å². The summed E-state index contributed by atoms with van der Waals surface area (Å²) < 4.78 is 37.2. The van der Waals surface area contributed by atoms with Crippen molar-refractivity contribution in [1.29, 1.82) is 0 Å². The van der Waals surface area contributed by atoms with E-state index in [2.05, 4.69) is 9.82 Å². The lowest BCUT2D eigenvalue weighted by atomic mass is 10.2. The molecule has 7 nitrogen and oxygen atoms in total. The number of hydrogen-bond acceptors (Lipinski definition) is 5. The summed E-state index contributed by atoms with van der Waals surface area (Å²) in [7, 11) is 0. The summed E-state index contributed by atoms with van der Waals surface area (Å²) in [6, 6.07) is 1.38. The molecule has 1 aromatic heterocycles. The van der Waals surface area contributed by atoms with Crippen LogP contribution in [0.5, 0.6) is 0 Å². The van der Waals surface area contributed by atoms with E-state index in [9.17, 15) is 22.8 Å².